The van der Waals surface area contributed by atoms with Crippen LogP contribution in [0.1, 0.15) is 156 Å². The Hall–Kier alpha value is -1.10. The van der Waals surface area contributed by atoms with Crippen LogP contribution < -0.4 is 0 Å². The van der Waals surface area contributed by atoms with Crippen LogP contribution in [0.5, 0.6) is 0 Å². The highest BCUT2D eigenvalue weighted by molar-refractivity contribution is 5.70. The Morgan fingerprint density at radius 1 is 0.657 bits per heavy atom. The van der Waals surface area contributed by atoms with Gasteiger partial charge in [0.2, 0.25) is 0 Å². The number of unbranched alkanes of at least 4 members (excludes halogenated alkanes) is 15. The summed E-state index contributed by atoms with van der Waals surface area (Å²) in [7, 11) is 0. The lowest BCUT2D eigenvalue weighted by molar-refractivity contribution is -0.161. The molecule has 0 fully saturated rings. The van der Waals surface area contributed by atoms with Crippen molar-refractivity contribution in [3.63, 3.8) is 0 Å². The van der Waals surface area contributed by atoms with Crippen LogP contribution in [0.4, 0.5) is 0 Å². The van der Waals surface area contributed by atoms with E-state index in [9.17, 15) is 14.7 Å². The molecule has 0 bridgehead atoms. The Morgan fingerprint density at radius 3 is 1.60 bits per heavy atom. The molecule has 5 nitrogen and oxygen atoms in total. The third-order valence-electron chi connectivity index (χ3n) is 6.94. The highest BCUT2D eigenvalue weighted by atomic mass is 16.6. The number of hydrogen-bond acceptors (Lipinski definition) is 5. The van der Waals surface area contributed by atoms with Crippen molar-refractivity contribution in [1.29, 1.82) is 0 Å². The summed E-state index contributed by atoms with van der Waals surface area (Å²) >= 11 is 0. The molecular weight excluding hydrogens is 440 g/mol. The normalized spacial score (nSPS) is 12.9. The largest absolute Gasteiger partial charge is 0.462 e. The first kappa shape index (κ1) is 33.9. The Labute approximate surface area is 217 Å². The summed E-state index contributed by atoms with van der Waals surface area (Å²) in [6.07, 6.45) is 23.0. The van der Waals surface area contributed by atoms with E-state index in [0.717, 1.165) is 44.4 Å². The molecule has 1 N–H and O–H groups in total. The molecule has 5 heteroatoms. The van der Waals surface area contributed by atoms with Crippen LogP contribution in [0.25, 0.3) is 0 Å². The van der Waals surface area contributed by atoms with Gasteiger partial charge < -0.3 is 14.6 Å². The number of carbonyl (C=O) groups is 2. The molecule has 0 rings (SSSR count). The van der Waals surface area contributed by atoms with Gasteiger partial charge in [-0.1, -0.05) is 130 Å². The van der Waals surface area contributed by atoms with E-state index in [2.05, 4.69) is 20.8 Å². The van der Waals surface area contributed by atoms with Gasteiger partial charge in [-0.25, -0.2) is 0 Å². The number of carbonyl (C=O) groups excluding carboxylic acids is 2. The fraction of sp³-hybridized carbons (Fsp3) is 0.933. The Bertz CT molecular complexity index is 479. The third-order valence-corrected chi connectivity index (χ3v) is 6.94. The maximum atomic E-state index is 12.0. The summed E-state index contributed by atoms with van der Waals surface area (Å²) in [6.45, 7) is 6.42. The van der Waals surface area contributed by atoms with E-state index in [4.69, 9.17) is 9.47 Å². The average molecular weight is 499 g/mol. The van der Waals surface area contributed by atoms with Crippen LogP contribution in [0.15, 0.2) is 0 Å². The van der Waals surface area contributed by atoms with Crippen molar-refractivity contribution < 1.29 is 24.2 Å². The molecule has 0 spiro atoms. The van der Waals surface area contributed by atoms with Crippen molar-refractivity contribution in [1.82, 2.24) is 0 Å². The topological polar surface area (TPSA) is 72.8 Å². The van der Waals surface area contributed by atoms with Gasteiger partial charge in [-0.05, 0) is 18.8 Å². The second-order valence-corrected chi connectivity index (χ2v) is 10.4. The summed E-state index contributed by atoms with van der Waals surface area (Å²) in [4.78, 5) is 23.9. The van der Waals surface area contributed by atoms with Gasteiger partial charge in [-0.2, -0.15) is 0 Å². The van der Waals surface area contributed by atoms with E-state index >= 15 is 0 Å². The molecule has 0 aromatic heterocycles. The summed E-state index contributed by atoms with van der Waals surface area (Å²) < 4.78 is 10.5. The molecule has 0 saturated heterocycles. The van der Waals surface area contributed by atoms with Crippen molar-refractivity contribution in [2.24, 2.45) is 5.92 Å². The first-order chi connectivity index (χ1) is 17.0. The lowest BCUT2D eigenvalue weighted by Crippen LogP contribution is -2.28. The van der Waals surface area contributed by atoms with Gasteiger partial charge in [0.15, 0.2) is 6.10 Å². The van der Waals surface area contributed by atoms with Crippen molar-refractivity contribution in [2.75, 3.05) is 13.2 Å². The maximum absolute atomic E-state index is 12.0. The van der Waals surface area contributed by atoms with Crippen LogP contribution in [-0.2, 0) is 19.1 Å². The molecular formula is C30H58O5. The van der Waals surface area contributed by atoms with Crippen LogP contribution in [0.2, 0.25) is 0 Å². The fourth-order valence-electron chi connectivity index (χ4n) is 4.23. The van der Waals surface area contributed by atoms with E-state index in [1.807, 2.05) is 0 Å². The highest BCUT2D eigenvalue weighted by Crippen LogP contribution is 2.15. The van der Waals surface area contributed by atoms with Crippen molar-refractivity contribution in [3.8, 4) is 0 Å². The minimum atomic E-state index is -0.760. The monoisotopic (exact) mass is 498 g/mol. The minimum Gasteiger partial charge on any atom is -0.462 e. The molecule has 0 aromatic carbocycles. The summed E-state index contributed by atoms with van der Waals surface area (Å²) in [5.41, 5.74) is 0. The SMILES string of the molecule is CCCCCCCCCCCCCC(=O)OC[C@H](CO)OC(=O)CCCCCCCCC(C)CC. The van der Waals surface area contributed by atoms with Gasteiger partial charge in [0.05, 0.1) is 6.61 Å². The van der Waals surface area contributed by atoms with Gasteiger partial charge in [0, 0.05) is 12.8 Å². The first-order valence-corrected chi connectivity index (χ1v) is 15.0. The quantitative estimate of drug-likeness (QED) is 0.0959. The van der Waals surface area contributed by atoms with Gasteiger partial charge in [0.1, 0.15) is 6.61 Å². The van der Waals surface area contributed by atoms with E-state index in [1.165, 1.54) is 83.5 Å². The zero-order valence-corrected chi connectivity index (χ0v) is 23.5. The van der Waals surface area contributed by atoms with E-state index in [1.54, 1.807) is 0 Å². The molecule has 0 radical (unpaired) electrons. The summed E-state index contributed by atoms with van der Waals surface area (Å²) in [5.74, 6) is 0.235. The zero-order valence-electron chi connectivity index (χ0n) is 23.5. The zero-order chi connectivity index (χ0) is 26.0. The predicted molar refractivity (Wildman–Crippen MR) is 145 cm³/mol. The number of rotatable bonds is 26. The molecule has 0 amide bonds. The lowest BCUT2D eigenvalue weighted by atomic mass is 10.00. The maximum Gasteiger partial charge on any atom is 0.306 e. The fourth-order valence-corrected chi connectivity index (χ4v) is 4.23. The van der Waals surface area contributed by atoms with Crippen molar-refractivity contribution in [3.05, 3.63) is 0 Å². The second-order valence-electron chi connectivity index (χ2n) is 10.4. The predicted octanol–water partition coefficient (Wildman–Crippen LogP) is 8.30. The van der Waals surface area contributed by atoms with Gasteiger partial charge in [0.25, 0.3) is 0 Å². The average Bonchev–Trinajstić information content (AvgIpc) is 2.86. The van der Waals surface area contributed by atoms with Gasteiger partial charge in [-0.3, -0.25) is 9.59 Å². The summed E-state index contributed by atoms with van der Waals surface area (Å²) in [5, 5.41) is 9.45. The molecule has 1 unspecified atom stereocenters. The van der Waals surface area contributed by atoms with Gasteiger partial charge >= 0.3 is 11.9 Å². The van der Waals surface area contributed by atoms with E-state index < -0.39 is 6.10 Å². The van der Waals surface area contributed by atoms with E-state index in [-0.39, 0.29) is 25.2 Å². The van der Waals surface area contributed by atoms with E-state index in [0.29, 0.717) is 12.8 Å². The molecule has 0 aliphatic rings. The Balaban J connectivity index is 3.61. The molecule has 0 heterocycles. The molecule has 35 heavy (non-hydrogen) atoms. The number of hydrogen-bond donors (Lipinski definition) is 1. The minimum absolute atomic E-state index is 0.0602. The van der Waals surface area contributed by atoms with Crippen LogP contribution in [-0.4, -0.2) is 36.4 Å². The highest BCUT2D eigenvalue weighted by Gasteiger charge is 2.16. The third kappa shape index (κ3) is 24.4. The summed E-state index contributed by atoms with van der Waals surface area (Å²) in [6, 6.07) is 0. The molecule has 208 valence electrons. The Morgan fingerprint density at radius 2 is 1.11 bits per heavy atom. The second kappa shape index (κ2) is 26.0. The molecule has 0 aliphatic heterocycles. The molecule has 2 atom stereocenters. The standard InChI is InChI=1S/C30H58O5/c1-4-6-7-8-9-10-11-12-13-17-20-23-29(32)34-26-28(25-31)35-30(33)24-21-18-15-14-16-19-22-27(3)5-2/h27-28,31H,4-26H2,1-3H3/t27?,28-/m0/s1. The Kier molecular flexibility index (Phi) is 25.2. The molecule has 0 saturated carbocycles. The smallest absolute Gasteiger partial charge is 0.306 e. The van der Waals surface area contributed by atoms with Crippen LogP contribution >= 0.6 is 0 Å². The lowest BCUT2D eigenvalue weighted by Gasteiger charge is -2.15. The van der Waals surface area contributed by atoms with Crippen molar-refractivity contribution >= 4 is 11.9 Å². The van der Waals surface area contributed by atoms with Gasteiger partial charge in [-0.15, -0.1) is 0 Å². The molecule has 0 aromatic rings. The number of ether oxygens (including phenoxy) is 2. The first-order valence-electron chi connectivity index (χ1n) is 15.0. The van der Waals surface area contributed by atoms with Crippen LogP contribution in [0.3, 0.4) is 0 Å². The number of aliphatic hydroxyl groups excluding tert-OH is 1. The number of esters is 2. The van der Waals surface area contributed by atoms with Crippen LogP contribution in [0, 0.1) is 5.92 Å². The molecule has 0 aliphatic carbocycles. The number of aliphatic hydroxyl groups is 1. The van der Waals surface area contributed by atoms with Crippen molar-refractivity contribution in [2.45, 2.75) is 162 Å².